The zero-order valence-corrected chi connectivity index (χ0v) is 11.9. The Kier molecular flexibility index (Phi) is 3.70. The maximum atomic E-state index is 12.3. The maximum Gasteiger partial charge on any atom is 0.298 e. The third kappa shape index (κ3) is 2.61. The van der Waals surface area contributed by atoms with Gasteiger partial charge in [-0.15, -0.1) is 0 Å². The smallest absolute Gasteiger partial charge is 0.298 e. The predicted octanol–water partition coefficient (Wildman–Crippen LogP) is 2.25. The molecule has 0 bridgehead atoms. The summed E-state index contributed by atoms with van der Waals surface area (Å²) in [4.78, 5) is 28.1. The van der Waals surface area contributed by atoms with Crippen LogP contribution in [0.15, 0.2) is 59.6 Å². The van der Waals surface area contributed by atoms with Crippen LogP contribution in [0.4, 0.5) is 0 Å². The highest BCUT2D eigenvalue weighted by Crippen LogP contribution is 2.19. The summed E-state index contributed by atoms with van der Waals surface area (Å²) >= 11 is 0. The van der Waals surface area contributed by atoms with Gasteiger partial charge in [-0.25, -0.2) is 0 Å². The monoisotopic (exact) mass is 295 g/mol. The number of ether oxygens (including phenoxy) is 2. The summed E-state index contributed by atoms with van der Waals surface area (Å²) in [5, 5.41) is 0. The first-order valence-corrected chi connectivity index (χ1v) is 6.72. The molecule has 0 spiro atoms. The lowest BCUT2D eigenvalue weighted by Gasteiger charge is -2.09. The molecule has 0 aromatic heterocycles. The Hall–Kier alpha value is -2.95. The number of benzene rings is 2. The van der Waals surface area contributed by atoms with Crippen molar-refractivity contribution in [3.63, 3.8) is 0 Å². The molecule has 0 saturated heterocycles. The number of rotatable bonds is 4. The van der Waals surface area contributed by atoms with E-state index >= 15 is 0 Å². The van der Waals surface area contributed by atoms with Crippen molar-refractivity contribution in [2.45, 2.75) is 6.10 Å². The average Bonchev–Trinajstić information content (AvgIpc) is 2.97. The Morgan fingerprint density at radius 3 is 2.41 bits per heavy atom. The van der Waals surface area contributed by atoms with Crippen LogP contribution in [-0.2, 0) is 9.53 Å². The van der Waals surface area contributed by atoms with E-state index < -0.39 is 17.8 Å². The van der Waals surface area contributed by atoms with E-state index in [1.54, 1.807) is 61.7 Å². The first kappa shape index (κ1) is 14.0. The molecule has 2 aromatic rings. The van der Waals surface area contributed by atoms with Crippen molar-refractivity contribution in [3.05, 3.63) is 65.7 Å². The summed E-state index contributed by atoms with van der Waals surface area (Å²) in [5.74, 6) is -0.134. The lowest BCUT2D eigenvalue weighted by Crippen LogP contribution is -2.28. The summed E-state index contributed by atoms with van der Waals surface area (Å²) in [6, 6.07) is 15.5. The number of carbonyl (C=O) groups is 2. The number of carbonyl (C=O) groups excluding carboxylic acids is 2. The van der Waals surface area contributed by atoms with Crippen molar-refractivity contribution in [3.8, 4) is 5.75 Å². The van der Waals surface area contributed by atoms with Gasteiger partial charge in [-0.05, 0) is 24.3 Å². The molecule has 0 N–H and O–H groups in total. The second-order valence-electron chi connectivity index (χ2n) is 4.71. The van der Waals surface area contributed by atoms with Crippen LogP contribution in [0.1, 0.15) is 15.9 Å². The van der Waals surface area contributed by atoms with Gasteiger partial charge in [0, 0.05) is 11.1 Å². The van der Waals surface area contributed by atoms with Crippen LogP contribution < -0.4 is 4.74 Å². The summed E-state index contributed by atoms with van der Waals surface area (Å²) in [6.45, 7) is 0. The van der Waals surface area contributed by atoms with Crippen LogP contribution in [0.3, 0.4) is 0 Å². The Bertz CT molecular complexity index is 735. The van der Waals surface area contributed by atoms with Crippen LogP contribution in [-0.4, -0.2) is 30.8 Å². The van der Waals surface area contributed by atoms with Crippen molar-refractivity contribution < 1.29 is 19.1 Å². The fraction of sp³-hybridized carbons (Fsp3) is 0.118. The number of aliphatic imine (C=N–C) groups is 1. The number of hydrogen-bond acceptors (Lipinski definition) is 4. The van der Waals surface area contributed by atoms with Crippen LogP contribution in [0.2, 0.25) is 0 Å². The van der Waals surface area contributed by atoms with Crippen molar-refractivity contribution in [1.29, 1.82) is 0 Å². The Morgan fingerprint density at radius 2 is 1.77 bits per heavy atom. The van der Waals surface area contributed by atoms with Crippen molar-refractivity contribution in [2.24, 2.45) is 4.99 Å². The molecule has 110 valence electrons. The van der Waals surface area contributed by atoms with Gasteiger partial charge >= 0.3 is 0 Å². The summed E-state index contributed by atoms with van der Waals surface area (Å²) < 4.78 is 10.5. The van der Waals surface area contributed by atoms with E-state index in [2.05, 4.69) is 4.99 Å². The molecule has 5 heteroatoms. The molecular formula is C17H13NO4. The van der Waals surface area contributed by atoms with E-state index in [1.807, 2.05) is 0 Å². The van der Waals surface area contributed by atoms with Gasteiger partial charge in [-0.1, -0.05) is 30.3 Å². The highest BCUT2D eigenvalue weighted by molar-refractivity contribution is 6.20. The average molecular weight is 295 g/mol. The lowest BCUT2D eigenvalue weighted by molar-refractivity contribution is -0.120. The number of methoxy groups -OCH3 is 1. The van der Waals surface area contributed by atoms with Gasteiger partial charge in [0.1, 0.15) is 5.75 Å². The first-order chi connectivity index (χ1) is 10.7. The first-order valence-electron chi connectivity index (χ1n) is 6.72. The van der Waals surface area contributed by atoms with E-state index in [-0.39, 0.29) is 5.90 Å². The lowest BCUT2D eigenvalue weighted by atomic mass is 10.1. The molecule has 1 unspecified atom stereocenters. The molecule has 1 heterocycles. The van der Waals surface area contributed by atoms with E-state index in [1.165, 1.54) is 0 Å². The number of Topliss-reactive ketones (excluding diaryl/α,β-unsaturated/α-hetero) is 1. The predicted molar refractivity (Wildman–Crippen MR) is 80.2 cm³/mol. The third-order valence-electron chi connectivity index (χ3n) is 3.30. The SMILES string of the molecule is COc1ccc(C2=NC(=O)C(C(=O)c3ccccc3)O2)cc1. The minimum Gasteiger partial charge on any atom is -0.497 e. The molecule has 5 nitrogen and oxygen atoms in total. The molecule has 1 aliphatic heterocycles. The molecule has 3 rings (SSSR count). The molecule has 0 saturated carbocycles. The molecule has 1 atom stereocenters. The maximum absolute atomic E-state index is 12.3. The molecule has 1 aliphatic rings. The number of ketones is 1. The van der Waals surface area contributed by atoms with E-state index in [0.29, 0.717) is 16.9 Å². The topological polar surface area (TPSA) is 65.0 Å². The van der Waals surface area contributed by atoms with Gasteiger partial charge < -0.3 is 9.47 Å². The zero-order chi connectivity index (χ0) is 15.5. The minimum atomic E-state index is -1.21. The standard InChI is InChI=1S/C17H13NO4/c1-21-13-9-7-12(8-10-13)17-18-16(20)15(22-17)14(19)11-5-3-2-4-6-11/h2-10,15H,1H3. The van der Waals surface area contributed by atoms with Gasteiger partial charge in [0.05, 0.1) is 7.11 Å². The summed E-state index contributed by atoms with van der Waals surface area (Å²) in [5.41, 5.74) is 1.05. The van der Waals surface area contributed by atoms with Gasteiger partial charge in [0.15, 0.2) is 0 Å². The summed E-state index contributed by atoms with van der Waals surface area (Å²) in [6.07, 6.45) is -1.21. The molecular weight excluding hydrogens is 282 g/mol. The quantitative estimate of drug-likeness (QED) is 0.641. The van der Waals surface area contributed by atoms with Crippen LogP contribution in [0.25, 0.3) is 0 Å². The number of hydrogen-bond donors (Lipinski definition) is 0. The van der Waals surface area contributed by atoms with Gasteiger partial charge in [-0.2, -0.15) is 4.99 Å². The fourth-order valence-corrected chi connectivity index (χ4v) is 2.13. The number of nitrogens with zero attached hydrogens (tertiary/aromatic N) is 1. The second-order valence-corrected chi connectivity index (χ2v) is 4.71. The van der Waals surface area contributed by atoms with Gasteiger partial charge in [0.2, 0.25) is 17.8 Å². The van der Waals surface area contributed by atoms with E-state index in [9.17, 15) is 9.59 Å². The molecule has 22 heavy (non-hydrogen) atoms. The highest BCUT2D eigenvalue weighted by atomic mass is 16.5. The summed E-state index contributed by atoms with van der Waals surface area (Å²) in [7, 11) is 1.57. The van der Waals surface area contributed by atoms with E-state index in [4.69, 9.17) is 9.47 Å². The number of amides is 1. The van der Waals surface area contributed by atoms with Crippen LogP contribution >= 0.6 is 0 Å². The zero-order valence-electron chi connectivity index (χ0n) is 11.9. The third-order valence-corrected chi connectivity index (χ3v) is 3.30. The van der Waals surface area contributed by atoms with E-state index in [0.717, 1.165) is 0 Å². The second kappa shape index (κ2) is 5.81. The molecule has 0 fully saturated rings. The molecule has 1 amide bonds. The molecule has 2 aromatic carbocycles. The van der Waals surface area contributed by atoms with Crippen molar-refractivity contribution in [2.75, 3.05) is 7.11 Å². The Morgan fingerprint density at radius 1 is 1.09 bits per heavy atom. The largest absolute Gasteiger partial charge is 0.497 e. The highest BCUT2D eigenvalue weighted by Gasteiger charge is 2.36. The van der Waals surface area contributed by atoms with Gasteiger partial charge in [0.25, 0.3) is 5.91 Å². The Labute approximate surface area is 127 Å². The normalized spacial score (nSPS) is 16.9. The minimum absolute atomic E-state index is 0.155. The fourth-order valence-electron chi connectivity index (χ4n) is 2.13. The van der Waals surface area contributed by atoms with Crippen molar-refractivity contribution in [1.82, 2.24) is 0 Å². The molecule has 0 radical (unpaired) electrons. The Balaban J connectivity index is 1.79. The van der Waals surface area contributed by atoms with Gasteiger partial charge in [-0.3, -0.25) is 9.59 Å². The van der Waals surface area contributed by atoms with Crippen LogP contribution in [0, 0.1) is 0 Å². The van der Waals surface area contributed by atoms with Crippen molar-refractivity contribution >= 4 is 17.6 Å². The molecule has 0 aliphatic carbocycles. The van der Waals surface area contributed by atoms with Crippen LogP contribution in [0.5, 0.6) is 5.75 Å².